The lowest BCUT2D eigenvalue weighted by molar-refractivity contribution is 0.748. The van der Waals surface area contributed by atoms with E-state index in [4.69, 9.17) is 0 Å². The summed E-state index contributed by atoms with van der Waals surface area (Å²) in [6.07, 6.45) is 5.04. The third kappa shape index (κ3) is 3.55. The Hall–Kier alpha value is -2.46. The van der Waals surface area contributed by atoms with E-state index in [-0.39, 0.29) is 0 Å². The zero-order valence-corrected chi connectivity index (χ0v) is 12.1. The first-order valence-electron chi connectivity index (χ1n) is 7.47. The number of aryl methyl sites for hydroxylation is 2. The van der Waals surface area contributed by atoms with E-state index in [1.807, 2.05) is 0 Å². The van der Waals surface area contributed by atoms with E-state index in [0.29, 0.717) is 0 Å². The molecular weight excluding hydrogens is 254 g/mol. The fraction of sp³-hybridized carbons (Fsp3) is 0.200. The van der Waals surface area contributed by atoms with E-state index >= 15 is 0 Å². The minimum atomic E-state index is 0.910. The molecule has 0 saturated heterocycles. The molecule has 3 rings (SSSR count). The SMILES string of the molecule is C(#CCCn1ccc2ccccc21)CCc1ccccc1. The Morgan fingerprint density at radius 2 is 1.52 bits per heavy atom. The normalized spacial score (nSPS) is 10.3. The van der Waals surface area contributed by atoms with Crippen molar-refractivity contribution in [1.82, 2.24) is 4.57 Å². The second-order valence-corrected chi connectivity index (χ2v) is 5.16. The number of nitrogens with zero attached hydrogens (tertiary/aromatic N) is 1. The summed E-state index contributed by atoms with van der Waals surface area (Å²) in [6, 6.07) is 21.2. The largest absolute Gasteiger partial charge is 0.347 e. The Kier molecular flexibility index (Phi) is 4.39. The van der Waals surface area contributed by atoms with Gasteiger partial charge in [-0.05, 0) is 29.5 Å². The Bertz CT molecular complexity index is 756. The molecule has 0 aliphatic rings. The predicted octanol–water partition coefficient (Wildman–Crippen LogP) is 4.67. The molecule has 0 N–H and O–H groups in total. The first-order valence-corrected chi connectivity index (χ1v) is 7.47. The van der Waals surface area contributed by atoms with Gasteiger partial charge in [0.05, 0.1) is 0 Å². The molecule has 0 saturated carbocycles. The van der Waals surface area contributed by atoms with Crippen LogP contribution >= 0.6 is 0 Å². The van der Waals surface area contributed by atoms with Gasteiger partial charge in [-0.2, -0.15) is 0 Å². The third-order valence-corrected chi connectivity index (χ3v) is 3.66. The number of hydrogen-bond donors (Lipinski definition) is 0. The van der Waals surface area contributed by atoms with Crippen LogP contribution in [0, 0.1) is 11.8 Å². The first kappa shape index (κ1) is 13.5. The van der Waals surface area contributed by atoms with Gasteiger partial charge < -0.3 is 4.57 Å². The number of para-hydroxylation sites is 1. The maximum absolute atomic E-state index is 3.29. The maximum Gasteiger partial charge on any atom is 0.0480 e. The monoisotopic (exact) mass is 273 g/mol. The van der Waals surface area contributed by atoms with Gasteiger partial charge in [0.25, 0.3) is 0 Å². The lowest BCUT2D eigenvalue weighted by Crippen LogP contribution is -1.94. The van der Waals surface area contributed by atoms with E-state index in [1.54, 1.807) is 0 Å². The molecule has 21 heavy (non-hydrogen) atoms. The molecule has 3 aromatic rings. The zero-order chi connectivity index (χ0) is 14.3. The molecule has 1 heteroatoms. The summed E-state index contributed by atoms with van der Waals surface area (Å²) in [5.74, 6) is 6.57. The molecule has 0 amide bonds. The Balaban J connectivity index is 1.49. The van der Waals surface area contributed by atoms with Gasteiger partial charge in [0.2, 0.25) is 0 Å². The number of benzene rings is 2. The van der Waals surface area contributed by atoms with Crippen LogP contribution in [0.2, 0.25) is 0 Å². The summed E-state index contributed by atoms with van der Waals surface area (Å²) in [5.41, 5.74) is 2.66. The molecule has 1 heterocycles. The van der Waals surface area contributed by atoms with Crippen molar-refractivity contribution in [2.75, 3.05) is 0 Å². The minimum Gasteiger partial charge on any atom is -0.347 e. The summed E-state index contributed by atoms with van der Waals surface area (Å²) in [4.78, 5) is 0. The fourth-order valence-electron chi connectivity index (χ4n) is 2.54. The zero-order valence-electron chi connectivity index (χ0n) is 12.1. The maximum atomic E-state index is 3.29. The smallest absolute Gasteiger partial charge is 0.0480 e. The lowest BCUT2D eigenvalue weighted by atomic mass is 10.1. The molecule has 1 aromatic heterocycles. The molecule has 0 fully saturated rings. The topological polar surface area (TPSA) is 4.93 Å². The highest BCUT2D eigenvalue weighted by Crippen LogP contribution is 2.15. The van der Waals surface area contributed by atoms with Crippen LogP contribution in [-0.4, -0.2) is 4.57 Å². The van der Waals surface area contributed by atoms with Crippen molar-refractivity contribution in [1.29, 1.82) is 0 Å². The first-order chi connectivity index (χ1) is 10.4. The van der Waals surface area contributed by atoms with Crippen molar-refractivity contribution in [2.24, 2.45) is 0 Å². The summed E-state index contributed by atoms with van der Waals surface area (Å²) in [7, 11) is 0. The van der Waals surface area contributed by atoms with Gasteiger partial charge in [-0.3, -0.25) is 0 Å². The van der Waals surface area contributed by atoms with Crippen LogP contribution in [0.3, 0.4) is 0 Å². The molecule has 0 atom stereocenters. The van der Waals surface area contributed by atoms with E-state index in [9.17, 15) is 0 Å². The molecule has 0 aliphatic carbocycles. The van der Waals surface area contributed by atoms with E-state index in [1.165, 1.54) is 16.5 Å². The van der Waals surface area contributed by atoms with Crippen LogP contribution in [0.5, 0.6) is 0 Å². The predicted molar refractivity (Wildman–Crippen MR) is 89.1 cm³/mol. The number of hydrogen-bond acceptors (Lipinski definition) is 0. The van der Waals surface area contributed by atoms with Crippen molar-refractivity contribution in [2.45, 2.75) is 25.8 Å². The average molecular weight is 273 g/mol. The van der Waals surface area contributed by atoms with Gasteiger partial charge in [-0.15, -0.1) is 11.8 Å². The van der Waals surface area contributed by atoms with Gasteiger partial charge in [0.1, 0.15) is 0 Å². The standard InChI is InChI=1S/C20H19N/c1(4-10-18-11-5-3-6-12-18)2-9-16-21-17-15-19-13-7-8-14-20(19)21/h3,5-8,11-15,17H,4,9-10,16H2. The van der Waals surface area contributed by atoms with Gasteiger partial charge in [0, 0.05) is 31.1 Å². The summed E-state index contributed by atoms with van der Waals surface area (Å²) in [6.45, 7) is 0.964. The summed E-state index contributed by atoms with van der Waals surface area (Å²) < 4.78 is 2.28. The van der Waals surface area contributed by atoms with Crippen LogP contribution in [0.1, 0.15) is 18.4 Å². The number of rotatable bonds is 4. The van der Waals surface area contributed by atoms with Crippen molar-refractivity contribution in [3.8, 4) is 11.8 Å². The fourth-order valence-corrected chi connectivity index (χ4v) is 2.54. The van der Waals surface area contributed by atoms with Gasteiger partial charge in [-0.1, -0.05) is 48.5 Å². The van der Waals surface area contributed by atoms with Gasteiger partial charge in [-0.25, -0.2) is 0 Å². The second-order valence-electron chi connectivity index (χ2n) is 5.16. The van der Waals surface area contributed by atoms with Crippen molar-refractivity contribution < 1.29 is 0 Å². The molecular formula is C20H19N. The summed E-state index contributed by atoms with van der Waals surface area (Å²) >= 11 is 0. The van der Waals surface area contributed by atoms with Gasteiger partial charge >= 0.3 is 0 Å². The van der Waals surface area contributed by atoms with E-state index in [0.717, 1.165) is 25.8 Å². The highest BCUT2D eigenvalue weighted by molar-refractivity contribution is 5.79. The molecule has 0 radical (unpaired) electrons. The quantitative estimate of drug-likeness (QED) is 0.609. The van der Waals surface area contributed by atoms with E-state index < -0.39 is 0 Å². The molecule has 0 spiro atoms. The van der Waals surface area contributed by atoms with Crippen LogP contribution in [0.15, 0.2) is 66.9 Å². The molecule has 1 nitrogen and oxygen atoms in total. The van der Waals surface area contributed by atoms with Crippen LogP contribution in [0.25, 0.3) is 10.9 Å². The molecule has 2 aromatic carbocycles. The van der Waals surface area contributed by atoms with Crippen LogP contribution in [0.4, 0.5) is 0 Å². The highest BCUT2D eigenvalue weighted by Gasteiger charge is 1.97. The highest BCUT2D eigenvalue weighted by atomic mass is 14.9. The molecule has 0 bridgehead atoms. The second kappa shape index (κ2) is 6.81. The van der Waals surface area contributed by atoms with Crippen molar-refractivity contribution in [3.63, 3.8) is 0 Å². The Morgan fingerprint density at radius 3 is 2.43 bits per heavy atom. The summed E-state index contributed by atoms with van der Waals surface area (Å²) in [5, 5.41) is 1.30. The Morgan fingerprint density at radius 1 is 0.762 bits per heavy atom. The van der Waals surface area contributed by atoms with Gasteiger partial charge in [0.15, 0.2) is 0 Å². The average Bonchev–Trinajstić information content (AvgIpc) is 2.95. The van der Waals surface area contributed by atoms with E-state index in [2.05, 4.69) is 83.3 Å². The van der Waals surface area contributed by atoms with Crippen LogP contribution in [-0.2, 0) is 13.0 Å². The number of aromatic nitrogens is 1. The van der Waals surface area contributed by atoms with Crippen molar-refractivity contribution >= 4 is 10.9 Å². The van der Waals surface area contributed by atoms with Crippen molar-refractivity contribution in [3.05, 3.63) is 72.4 Å². The molecule has 0 unspecified atom stereocenters. The third-order valence-electron chi connectivity index (χ3n) is 3.66. The molecule has 0 aliphatic heterocycles. The Labute approximate surface area is 126 Å². The molecule has 104 valence electrons. The number of fused-ring (bicyclic) bond motifs is 1. The minimum absolute atomic E-state index is 0.910. The lowest BCUT2D eigenvalue weighted by Gasteiger charge is -2.01. The van der Waals surface area contributed by atoms with Crippen LogP contribution < -0.4 is 0 Å².